The van der Waals surface area contributed by atoms with Gasteiger partial charge in [-0.2, -0.15) is 0 Å². The standard InChI is InChI=1S/C25H34N2O2/c1-7-10-24(2,3)17-14-20(28)22-18-13-16(23-26-11-12-27(23)6)8-9-19(18)25(4,5)29-21(22)15-17/h8,11-12,14-15,18-19,28H,7,9-10,13H2,1-6H3/t18-,19-/m1/s1. The predicted octanol–water partition coefficient (Wildman–Crippen LogP) is 5.95. The van der Waals surface area contributed by atoms with Gasteiger partial charge in [-0.15, -0.1) is 0 Å². The van der Waals surface area contributed by atoms with Crippen LogP contribution >= 0.6 is 0 Å². The summed E-state index contributed by atoms with van der Waals surface area (Å²) in [5.41, 5.74) is 3.13. The van der Waals surface area contributed by atoms with Gasteiger partial charge in [-0.25, -0.2) is 4.98 Å². The second-order valence-corrected chi connectivity index (χ2v) is 9.99. The fraction of sp³-hybridized carbons (Fsp3) is 0.560. The van der Waals surface area contributed by atoms with Crippen LogP contribution in [-0.4, -0.2) is 20.3 Å². The lowest BCUT2D eigenvalue weighted by Gasteiger charge is -2.47. The summed E-state index contributed by atoms with van der Waals surface area (Å²) in [7, 11) is 2.04. The Morgan fingerprint density at radius 3 is 2.72 bits per heavy atom. The molecule has 2 aliphatic rings. The number of allylic oxidation sites excluding steroid dienone is 2. The maximum atomic E-state index is 11.1. The van der Waals surface area contributed by atoms with Crippen LogP contribution in [0.1, 0.15) is 83.2 Å². The lowest BCUT2D eigenvalue weighted by Crippen LogP contribution is -2.45. The van der Waals surface area contributed by atoms with Crippen molar-refractivity contribution < 1.29 is 9.84 Å². The zero-order chi connectivity index (χ0) is 21.0. The van der Waals surface area contributed by atoms with Crippen LogP contribution in [-0.2, 0) is 12.5 Å². The Hall–Kier alpha value is -2.23. The molecule has 29 heavy (non-hydrogen) atoms. The Morgan fingerprint density at radius 1 is 1.31 bits per heavy atom. The summed E-state index contributed by atoms with van der Waals surface area (Å²) in [6.45, 7) is 11.1. The van der Waals surface area contributed by atoms with Crippen LogP contribution < -0.4 is 4.74 Å². The fourth-order valence-corrected chi connectivity index (χ4v) is 5.41. The van der Waals surface area contributed by atoms with E-state index in [2.05, 4.69) is 56.3 Å². The monoisotopic (exact) mass is 394 g/mol. The Morgan fingerprint density at radius 2 is 2.07 bits per heavy atom. The maximum Gasteiger partial charge on any atom is 0.135 e. The number of ether oxygens (including phenoxy) is 1. The number of benzene rings is 1. The van der Waals surface area contributed by atoms with Crippen LogP contribution in [0.2, 0.25) is 0 Å². The molecule has 4 heteroatoms. The molecule has 0 radical (unpaired) electrons. The molecule has 0 saturated heterocycles. The molecule has 2 atom stereocenters. The second-order valence-electron chi connectivity index (χ2n) is 9.99. The van der Waals surface area contributed by atoms with Gasteiger partial charge in [-0.1, -0.05) is 33.3 Å². The Kier molecular flexibility index (Phi) is 4.79. The van der Waals surface area contributed by atoms with Crippen molar-refractivity contribution in [1.82, 2.24) is 9.55 Å². The summed E-state index contributed by atoms with van der Waals surface area (Å²) in [4.78, 5) is 4.56. The number of hydrogen-bond acceptors (Lipinski definition) is 3. The van der Waals surface area contributed by atoms with Crippen molar-refractivity contribution >= 4 is 5.57 Å². The summed E-state index contributed by atoms with van der Waals surface area (Å²) in [5, 5.41) is 11.1. The van der Waals surface area contributed by atoms with Gasteiger partial charge >= 0.3 is 0 Å². The van der Waals surface area contributed by atoms with Gasteiger partial charge in [0.05, 0.1) is 0 Å². The third kappa shape index (κ3) is 3.37. The van der Waals surface area contributed by atoms with Gasteiger partial charge < -0.3 is 14.4 Å². The molecule has 0 unspecified atom stereocenters. The Bertz CT molecular complexity index is 952. The number of phenols is 1. The molecule has 0 bridgehead atoms. The molecule has 1 aromatic heterocycles. The van der Waals surface area contributed by atoms with Crippen molar-refractivity contribution in [2.45, 2.75) is 77.2 Å². The minimum atomic E-state index is -0.276. The number of imidazole rings is 1. The highest BCUT2D eigenvalue weighted by atomic mass is 16.5. The number of aryl methyl sites for hydroxylation is 1. The van der Waals surface area contributed by atoms with Gasteiger partial charge in [-0.05, 0) is 61.8 Å². The summed E-state index contributed by atoms with van der Waals surface area (Å²) in [5.74, 6) is 2.83. The van der Waals surface area contributed by atoms with E-state index in [0.29, 0.717) is 11.7 Å². The first-order chi connectivity index (χ1) is 13.6. The Labute approximate surface area is 174 Å². The molecule has 1 N–H and O–H groups in total. The van der Waals surface area contributed by atoms with Crippen LogP contribution in [0.25, 0.3) is 5.57 Å². The van der Waals surface area contributed by atoms with Gasteiger partial charge in [-0.3, -0.25) is 0 Å². The lowest BCUT2D eigenvalue weighted by molar-refractivity contribution is 0.00905. The lowest BCUT2D eigenvalue weighted by atomic mass is 9.66. The average molecular weight is 395 g/mol. The molecule has 0 saturated carbocycles. The van der Waals surface area contributed by atoms with Crippen LogP contribution in [0.3, 0.4) is 0 Å². The summed E-state index contributed by atoms with van der Waals surface area (Å²) in [6, 6.07) is 4.16. The quantitative estimate of drug-likeness (QED) is 0.697. The molecule has 1 aliphatic carbocycles. The van der Waals surface area contributed by atoms with E-state index >= 15 is 0 Å². The highest BCUT2D eigenvalue weighted by molar-refractivity contribution is 5.65. The smallest absolute Gasteiger partial charge is 0.135 e. The summed E-state index contributed by atoms with van der Waals surface area (Å²) >= 11 is 0. The van der Waals surface area contributed by atoms with E-state index in [1.807, 2.05) is 25.5 Å². The molecule has 4 rings (SSSR count). The zero-order valence-electron chi connectivity index (χ0n) is 18.6. The number of nitrogens with zero attached hydrogens (tertiary/aromatic N) is 2. The van der Waals surface area contributed by atoms with Crippen molar-refractivity contribution in [3.63, 3.8) is 0 Å². The number of aromatic nitrogens is 2. The number of fused-ring (bicyclic) bond motifs is 3. The van der Waals surface area contributed by atoms with E-state index in [1.165, 1.54) is 5.57 Å². The van der Waals surface area contributed by atoms with Crippen LogP contribution in [0.15, 0.2) is 30.6 Å². The minimum absolute atomic E-state index is 0.0101. The third-order valence-electron chi connectivity index (χ3n) is 7.07. The first-order valence-electron chi connectivity index (χ1n) is 10.9. The van der Waals surface area contributed by atoms with Gasteiger partial charge in [0.2, 0.25) is 0 Å². The molecule has 1 aromatic carbocycles. The molecule has 2 heterocycles. The maximum absolute atomic E-state index is 11.1. The van der Waals surface area contributed by atoms with E-state index in [-0.39, 0.29) is 16.9 Å². The van der Waals surface area contributed by atoms with Gasteiger partial charge in [0.15, 0.2) is 0 Å². The fourth-order valence-electron chi connectivity index (χ4n) is 5.41. The van der Waals surface area contributed by atoms with Crippen molar-refractivity contribution in [3.8, 4) is 11.5 Å². The predicted molar refractivity (Wildman–Crippen MR) is 117 cm³/mol. The molecular weight excluding hydrogens is 360 g/mol. The number of hydrogen-bond donors (Lipinski definition) is 1. The molecule has 0 fully saturated rings. The number of aromatic hydroxyl groups is 1. The van der Waals surface area contributed by atoms with Crippen molar-refractivity contribution in [2.75, 3.05) is 0 Å². The van der Waals surface area contributed by atoms with E-state index in [4.69, 9.17) is 4.74 Å². The zero-order valence-corrected chi connectivity index (χ0v) is 18.6. The van der Waals surface area contributed by atoms with Gasteiger partial charge in [0.25, 0.3) is 0 Å². The van der Waals surface area contributed by atoms with Crippen molar-refractivity contribution in [1.29, 1.82) is 0 Å². The topological polar surface area (TPSA) is 47.3 Å². The summed E-state index contributed by atoms with van der Waals surface area (Å²) < 4.78 is 8.60. The highest BCUT2D eigenvalue weighted by Gasteiger charge is 2.46. The third-order valence-corrected chi connectivity index (χ3v) is 7.07. The first kappa shape index (κ1) is 20.1. The van der Waals surface area contributed by atoms with Crippen LogP contribution in [0.5, 0.6) is 11.5 Å². The minimum Gasteiger partial charge on any atom is -0.508 e. The van der Waals surface area contributed by atoms with Gasteiger partial charge in [0.1, 0.15) is 22.9 Å². The SMILES string of the molecule is CCCC(C)(C)c1cc(O)c2c(c1)OC(C)(C)[C@@H]1CC=C(c3nccn3C)C[C@@H]21. The summed E-state index contributed by atoms with van der Waals surface area (Å²) in [6.07, 6.45) is 10.2. The molecule has 4 nitrogen and oxygen atoms in total. The van der Waals surface area contributed by atoms with E-state index < -0.39 is 0 Å². The molecular formula is C25H34N2O2. The molecule has 1 aliphatic heterocycles. The molecule has 2 aromatic rings. The van der Waals surface area contributed by atoms with Crippen LogP contribution in [0.4, 0.5) is 0 Å². The first-order valence-corrected chi connectivity index (χ1v) is 10.9. The van der Waals surface area contributed by atoms with Crippen LogP contribution in [0, 0.1) is 5.92 Å². The largest absolute Gasteiger partial charge is 0.508 e. The molecule has 0 amide bonds. The second kappa shape index (κ2) is 6.93. The molecule has 0 spiro atoms. The van der Waals surface area contributed by atoms with E-state index in [9.17, 15) is 5.11 Å². The number of rotatable bonds is 4. The van der Waals surface area contributed by atoms with E-state index in [1.54, 1.807) is 0 Å². The molecule has 156 valence electrons. The van der Waals surface area contributed by atoms with Crippen molar-refractivity contribution in [2.24, 2.45) is 13.0 Å². The van der Waals surface area contributed by atoms with E-state index in [0.717, 1.165) is 48.4 Å². The number of phenolic OH excluding ortho intramolecular Hbond substituents is 1. The Balaban J connectivity index is 1.78. The highest BCUT2D eigenvalue weighted by Crippen LogP contribution is 2.55. The normalized spacial score (nSPS) is 23.0. The average Bonchev–Trinajstić information content (AvgIpc) is 3.06. The van der Waals surface area contributed by atoms with Crippen molar-refractivity contribution in [3.05, 3.63) is 47.6 Å². The van der Waals surface area contributed by atoms with Gasteiger partial charge in [0, 0.05) is 36.8 Å².